The topological polar surface area (TPSA) is 95.0 Å². The molecule has 0 radical (unpaired) electrons. The van der Waals surface area contributed by atoms with Crippen LogP contribution in [-0.4, -0.2) is 55.7 Å². The smallest absolute Gasteiger partial charge is 0.223 e. The van der Waals surface area contributed by atoms with Crippen molar-refractivity contribution in [3.05, 3.63) is 41.7 Å². The van der Waals surface area contributed by atoms with Gasteiger partial charge in [0.25, 0.3) is 0 Å². The van der Waals surface area contributed by atoms with Crippen LogP contribution in [0.25, 0.3) is 0 Å². The van der Waals surface area contributed by atoms with Crippen LogP contribution in [0.5, 0.6) is 0 Å². The molecule has 5 fully saturated rings. The highest BCUT2D eigenvalue weighted by Crippen LogP contribution is 2.64. The second kappa shape index (κ2) is 6.36. The second-order valence-corrected chi connectivity index (χ2v) is 9.70. The molecule has 4 saturated carbocycles. The van der Waals surface area contributed by atoms with E-state index in [2.05, 4.69) is 51.0 Å². The van der Waals surface area contributed by atoms with E-state index in [-0.39, 0.29) is 23.3 Å². The van der Waals surface area contributed by atoms with Crippen molar-refractivity contribution in [3.63, 3.8) is 0 Å². The van der Waals surface area contributed by atoms with Crippen LogP contribution in [0.1, 0.15) is 49.4 Å². The lowest BCUT2D eigenvalue weighted by Crippen LogP contribution is -2.62. The summed E-state index contributed by atoms with van der Waals surface area (Å²) >= 11 is 0. The third-order valence-corrected chi connectivity index (χ3v) is 8.49. The van der Waals surface area contributed by atoms with Crippen LogP contribution in [0, 0.1) is 23.7 Å². The van der Waals surface area contributed by atoms with Crippen molar-refractivity contribution in [3.8, 4) is 0 Å². The van der Waals surface area contributed by atoms with E-state index in [1.165, 1.54) is 5.56 Å². The normalized spacial score (nSPS) is 38.2. The van der Waals surface area contributed by atoms with Crippen LogP contribution < -0.4 is 0 Å². The van der Waals surface area contributed by atoms with Gasteiger partial charge in [-0.15, -0.1) is 10.2 Å². The Morgan fingerprint density at radius 1 is 1.10 bits per heavy atom. The van der Waals surface area contributed by atoms with Gasteiger partial charge in [-0.3, -0.25) is 4.79 Å². The summed E-state index contributed by atoms with van der Waals surface area (Å²) in [7, 11) is 0. The molecule has 2 N–H and O–H groups in total. The Morgan fingerprint density at radius 2 is 1.76 bits per heavy atom. The fraction of sp³-hybridized carbons (Fsp3) is 0.636. The molecule has 1 aliphatic heterocycles. The number of rotatable bonds is 4. The summed E-state index contributed by atoms with van der Waals surface area (Å²) in [6.07, 6.45) is 4.69. The molecule has 0 unspecified atom stereocenters. The molecule has 2 aromatic rings. The van der Waals surface area contributed by atoms with Crippen LogP contribution in [0.4, 0.5) is 0 Å². The number of hydrogen-bond acceptors (Lipinski definition) is 5. The van der Waals surface area contributed by atoms with Crippen molar-refractivity contribution in [2.24, 2.45) is 23.7 Å². The van der Waals surface area contributed by atoms with Crippen LogP contribution in [-0.2, 0) is 10.2 Å². The number of aromatic amines is 1. The zero-order valence-corrected chi connectivity index (χ0v) is 16.4. The van der Waals surface area contributed by atoms with E-state index >= 15 is 0 Å². The quantitative estimate of drug-likeness (QED) is 0.827. The molecular weight excluding hydrogens is 366 g/mol. The minimum atomic E-state index is -0.127. The molecule has 7 nitrogen and oxygen atoms in total. The van der Waals surface area contributed by atoms with Gasteiger partial charge in [0.2, 0.25) is 5.91 Å². The first-order valence-corrected chi connectivity index (χ1v) is 10.9. The third kappa shape index (κ3) is 2.52. The first-order chi connectivity index (χ1) is 14.1. The zero-order chi connectivity index (χ0) is 19.6. The number of likely N-dealkylation sites (tertiary alicyclic amines) is 1. The van der Waals surface area contributed by atoms with Gasteiger partial charge in [-0.25, -0.2) is 0 Å². The number of tetrazole rings is 1. The Labute approximate surface area is 169 Å². The summed E-state index contributed by atoms with van der Waals surface area (Å²) in [6, 6.07) is 10.7. The number of H-pyrrole nitrogens is 1. The Kier molecular flexibility index (Phi) is 3.85. The van der Waals surface area contributed by atoms with Gasteiger partial charge in [-0.05, 0) is 54.9 Å². The highest BCUT2D eigenvalue weighted by molar-refractivity contribution is 5.79. The van der Waals surface area contributed by atoms with Gasteiger partial charge in [0.15, 0.2) is 5.82 Å². The highest BCUT2D eigenvalue weighted by atomic mass is 16.3. The van der Waals surface area contributed by atoms with Crippen molar-refractivity contribution in [1.29, 1.82) is 0 Å². The maximum Gasteiger partial charge on any atom is 0.223 e. The minimum Gasteiger partial charge on any atom is -0.393 e. The van der Waals surface area contributed by atoms with Gasteiger partial charge < -0.3 is 10.0 Å². The number of aliphatic hydroxyl groups excluding tert-OH is 1. The molecule has 29 heavy (non-hydrogen) atoms. The number of nitrogens with one attached hydrogen (secondary N) is 1. The molecule has 1 saturated heterocycles. The van der Waals surface area contributed by atoms with Crippen molar-refractivity contribution in [1.82, 2.24) is 25.5 Å². The van der Waals surface area contributed by atoms with E-state index in [0.717, 1.165) is 25.7 Å². The second-order valence-electron chi connectivity index (χ2n) is 9.70. The van der Waals surface area contributed by atoms with Gasteiger partial charge in [0, 0.05) is 24.9 Å². The molecule has 1 aromatic carbocycles. The molecule has 152 valence electrons. The number of aromatic nitrogens is 4. The van der Waals surface area contributed by atoms with Crippen molar-refractivity contribution < 1.29 is 9.90 Å². The van der Waals surface area contributed by atoms with Crippen molar-refractivity contribution in [2.75, 3.05) is 13.1 Å². The summed E-state index contributed by atoms with van der Waals surface area (Å²) in [6.45, 7) is 1.37. The number of nitrogens with zero attached hydrogens (tertiary/aromatic N) is 4. The third-order valence-electron chi connectivity index (χ3n) is 8.49. The largest absolute Gasteiger partial charge is 0.393 e. The van der Waals surface area contributed by atoms with Crippen molar-refractivity contribution >= 4 is 5.91 Å². The lowest BCUT2D eigenvalue weighted by molar-refractivity contribution is -0.155. The van der Waals surface area contributed by atoms with E-state index < -0.39 is 0 Å². The van der Waals surface area contributed by atoms with Gasteiger partial charge in [0.05, 0.1) is 12.0 Å². The summed E-state index contributed by atoms with van der Waals surface area (Å²) in [5.41, 5.74) is 1.25. The molecule has 4 aliphatic carbocycles. The lowest BCUT2D eigenvalue weighted by Gasteiger charge is -2.63. The van der Waals surface area contributed by atoms with Crippen molar-refractivity contribution in [2.45, 2.75) is 49.5 Å². The molecule has 7 rings (SSSR count). The fourth-order valence-electron chi connectivity index (χ4n) is 7.12. The SMILES string of the molecule is O=C(CC1(c2ccccc2)C2CC3CC1CC(C2)C3O)N1CC(c2nn[nH]n2)C1. The van der Waals surface area contributed by atoms with Gasteiger partial charge in [-0.2, -0.15) is 5.21 Å². The molecular formula is C22H27N5O2. The summed E-state index contributed by atoms with van der Waals surface area (Å²) < 4.78 is 0. The summed E-state index contributed by atoms with van der Waals surface area (Å²) in [5, 5.41) is 24.9. The first kappa shape index (κ1) is 17.6. The highest BCUT2D eigenvalue weighted by Gasteiger charge is 2.61. The Bertz CT molecular complexity index is 863. The molecule has 1 aromatic heterocycles. The molecule has 2 heterocycles. The van der Waals surface area contributed by atoms with E-state index in [4.69, 9.17) is 0 Å². The number of carbonyl (C=O) groups excluding carboxylic acids is 1. The standard InChI is InChI=1S/C22H27N5O2/c28-19(27-11-15(12-27)21-23-25-26-24-21)10-22(16-4-2-1-3-5-16)17-6-13-7-18(22)9-14(8-17)20(13)29/h1-5,13-15,17-18,20,29H,6-12H2,(H,23,24,25,26). The predicted molar refractivity (Wildman–Crippen MR) is 105 cm³/mol. The Hall–Kier alpha value is -2.28. The molecule has 4 bridgehead atoms. The van der Waals surface area contributed by atoms with Crippen LogP contribution in [0.3, 0.4) is 0 Å². The monoisotopic (exact) mass is 393 g/mol. The van der Waals surface area contributed by atoms with E-state index in [9.17, 15) is 9.90 Å². The van der Waals surface area contributed by atoms with E-state index in [0.29, 0.717) is 49.0 Å². The maximum atomic E-state index is 13.4. The number of benzene rings is 1. The molecule has 0 atom stereocenters. The Morgan fingerprint density at radius 3 is 2.34 bits per heavy atom. The number of aliphatic hydroxyl groups is 1. The number of hydrogen-bond donors (Lipinski definition) is 2. The average Bonchev–Trinajstić information content (AvgIpc) is 3.20. The van der Waals surface area contributed by atoms with Crippen LogP contribution in [0.15, 0.2) is 30.3 Å². The minimum absolute atomic E-state index is 0.0806. The predicted octanol–water partition coefficient (Wildman–Crippen LogP) is 1.88. The average molecular weight is 393 g/mol. The Balaban J connectivity index is 1.27. The molecule has 5 aliphatic rings. The number of carbonyl (C=O) groups is 1. The van der Waals surface area contributed by atoms with Gasteiger partial charge >= 0.3 is 0 Å². The lowest BCUT2D eigenvalue weighted by atomic mass is 9.42. The number of amides is 1. The van der Waals surface area contributed by atoms with Gasteiger partial charge in [-0.1, -0.05) is 35.5 Å². The molecule has 7 heteroatoms. The summed E-state index contributed by atoms with van der Waals surface area (Å²) in [5.74, 6) is 2.99. The zero-order valence-electron chi connectivity index (χ0n) is 16.4. The summed E-state index contributed by atoms with van der Waals surface area (Å²) in [4.78, 5) is 15.4. The fourth-order valence-corrected chi connectivity index (χ4v) is 7.12. The molecule has 1 amide bonds. The van der Waals surface area contributed by atoms with E-state index in [1.54, 1.807) is 0 Å². The van der Waals surface area contributed by atoms with Crippen LogP contribution >= 0.6 is 0 Å². The maximum absolute atomic E-state index is 13.4. The van der Waals surface area contributed by atoms with E-state index in [1.807, 2.05) is 4.90 Å². The molecule has 0 spiro atoms. The van der Waals surface area contributed by atoms with Gasteiger partial charge in [0.1, 0.15) is 0 Å². The van der Waals surface area contributed by atoms with Crippen LogP contribution in [0.2, 0.25) is 0 Å². The first-order valence-electron chi connectivity index (χ1n) is 10.9.